The molecule has 10 heteroatoms. The van der Waals surface area contributed by atoms with Crippen LogP contribution < -0.4 is 16.0 Å². The number of nitrogens with one attached hydrogen (secondary N) is 2. The van der Waals surface area contributed by atoms with Crippen LogP contribution in [-0.4, -0.2) is 31.3 Å². The van der Waals surface area contributed by atoms with Crippen LogP contribution in [0, 0.1) is 22.7 Å². The van der Waals surface area contributed by atoms with E-state index in [4.69, 9.17) is 4.74 Å². The smallest absolute Gasteiger partial charge is 0.362 e. The highest BCUT2D eigenvalue weighted by atomic mass is 16.5. The Bertz CT molecular complexity index is 1370. The molecule has 0 aliphatic carbocycles. The summed E-state index contributed by atoms with van der Waals surface area (Å²) in [7, 11) is 1.51. The van der Waals surface area contributed by atoms with Crippen LogP contribution in [0.5, 0.6) is 5.75 Å². The van der Waals surface area contributed by atoms with Crippen molar-refractivity contribution in [2.75, 3.05) is 7.11 Å². The third-order valence-electron chi connectivity index (χ3n) is 4.02. The minimum atomic E-state index is -0.745. The summed E-state index contributed by atoms with van der Waals surface area (Å²) in [6.45, 7) is 0. The lowest BCUT2D eigenvalue weighted by Crippen LogP contribution is -2.26. The molecular formula is C16H9N7O3. The van der Waals surface area contributed by atoms with Crippen LogP contribution in [-0.2, 0) is 0 Å². The Morgan fingerprint density at radius 1 is 1.04 bits per heavy atom. The number of nitriles is 2. The number of hydrogen-bond acceptors (Lipinski definition) is 6. The van der Waals surface area contributed by atoms with E-state index in [2.05, 4.69) is 15.2 Å². The first-order valence-electron chi connectivity index (χ1n) is 7.33. The Morgan fingerprint density at radius 2 is 1.73 bits per heavy atom. The predicted octanol–water partition coefficient (Wildman–Crippen LogP) is 0.383. The third-order valence-corrected chi connectivity index (χ3v) is 4.02. The molecule has 0 bridgehead atoms. The number of aromatic nitrogens is 5. The van der Waals surface area contributed by atoms with Crippen molar-refractivity contribution in [2.24, 2.45) is 0 Å². The summed E-state index contributed by atoms with van der Waals surface area (Å²) in [5.41, 5.74) is -0.988. The molecule has 3 heterocycles. The minimum Gasteiger partial charge on any atom is -0.497 e. The molecule has 4 rings (SSSR count). The van der Waals surface area contributed by atoms with Gasteiger partial charge in [-0.25, -0.2) is 9.89 Å². The molecule has 0 fully saturated rings. The molecule has 0 aliphatic rings. The van der Waals surface area contributed by atoms with Crippen LogP contribution in [0.1, 0.15) is 11.1 Å². The quantitative estimate of drug-likeness (QED) is 0.536. The zero-order chi connectivity index (χ0) is 18.4. The van der Waals surface area contributed by atoms with Gasteiger partial charge in [0.1, 0.15) is 29.0 Å². The summed E-state index contributed by atoms with van der Waals surface area (Å²) in [4.78, 5) is 28.9. The average Bonchev–Trinajstić information content (AvgIpc) is 3.21. The summed E-state index contributed by atoms with van der Waals surface area (Å²) in [6.07, 6.45) is 0. The first-order valence-corrected chi connectivity index (χ1v) is 7.33. The highest BCUT2D eigenvalue weighted by Crippen LogP contribution is 2.29. The number of aromatic amines is 2. The zero-order valence-electron chi connectivity index (χ0n) is 13.3. The Hall–Kier alpha value is -4.31. The molecule has 0 saturated carbocycles. The van der Waals surface area contributed by atoms with Crippen molar-refractivity contribution in [1.29, 1.82) is 10.5 Å². The van der Waals surface area contributed by atoms with Gasteiger partial charge in [0.25, 0.3) is 5.56 Å². The van der Waals surface area contributed by atoms with Gasteiger partial charge in [-0.15, -0.1) is 0 Å². The van der Waals surface area contributed by atoms with Crippen molar-refractivity contribution in [1.82, 2.24) is 24.2 Å². The maximum Gasteiger partial charge on any atom is 0.362 e. The van der Waals surface area contributed by atoms with Gasteiger partial charge in [-0.2, -0.15) is 24.5 Å². The largest absolute Gasteiger partial charge is 0.497 e. The molecule has 0 amide bonds. The lowest BCUT2D eigenvalue weighted by Gasteiger charge is -2.08. The summed E-state index contributed by atoms with van der Waals surface area (Å²) in [6, 6.07) is 10.4. The topological polar surface area (TPSA) is 144 Å². The van der Waals surface area contributed by atoms with Gasteiger partial charge in [-0.1, -0.05) is 12.1 Å². The Kier molecular flexibility index (Phi) is 3.14. The van der Waals surface area contributed by atoms with Crippen molar-refractivity contribution in [3.63, 3.8) is 0 Å². The molecule has 0 atom stereocenters. The van der Waals surface area contributed by atoms with E-state index in [1.165, 1.54) is 7.11 Å². The number of rotatable bonds is 2. The maximum atomic E-state index is 12.8. The molecule has 0 saturated heterocycles. The number of ether oxygens (including phenoxy) is 1. The van der Waals surface area contributed by atoms with E-state index in [0.29, 0.717) is 11.3 Å². The lowest BCUT2D eigenvalue weighted by molar-refractivity contribution is 0.415. The first-order chi connectivity index (χ1) is 12.6. The molecule has 26 heavy (non-hydrogen) atoms. The fourth-order valence-corrected chi connectivity index (χ4v) is 2.87. The number of nitrogens with zero attached hydrogens (tertiary/aromatic N) is 5. The second kappa shape index (κ2) is 5.36. The van der Waals surface area contributed by atoms with E-state index >= 15 is 0 Å². The Balaban J connectivity index is 2.22. The minimum absolute atomic E-state index is 0.0142. The van der Waals surface area contributed by atoms with Gasteiger partial charge in [0.15, 0.2) is 5.65 Å². The number of methoxy groups -OCH3 is 1. The Morgan fingerprint density at radius 3 is 2.35 bits per heavy atom. The van der Waals surface area contributed by atoms with E-state index in [-0.39, 0.29) is 28.1 Å². The number of H-pyrrole nitrogens is 2. The number of fused-ring (bicyclic) bond motifs is 3. The maximum absolute atomic E-state index is 12.8. The van der Waals surface area contributed by atoms with Crippen LogP contribution in [0.2, 0.25) is 0 Å². The normalized spacial score (nSPS) is 10.7. The van der Waals surface area contributed by atoms with E-state index < -0.39 is 11.2 Å². The van der Waals surface area contributed by atoms with Gasteiger partial charge in [0, 0.05) is 5.56 Å². The third kappa shape index (κ3) is 1.87. The standard InChI is InChI=1S/C16H9N7O3/c1-26-9-4-2-8(3-5-9)12-10(6-17)13-19-15-20-21-16(25)23(15)22(13)14(24)11(12)7-18/h2-5H,1H3,(H,19,20)(H,21,25). The fraction of sp³-hybridized carbons (Fsp3) is 0.0625. The zero-order valence-corrected chi connectivity index (χ0v) is 13.3. The second-order valence-corrected chi connectivity index (χ2v) is 5.32. The van der Waals surface area contributed by atoms with Crippen molar-refractivity contribution < 1.29 is 4.74 Å². The molecule has 10 nitrogen and oxygen atoms in total. The summed E-state index contributed by atoms with van der Waals surface area (Å²) in [5.74, 6) is 0.643. The molecule has 3 aromatic heterocycles. The van der Waals surface area contributed by atoms with Crippen molar-refractivity contribution in [3.05, 3.63) is 56.2 Å². The second-order valence-electron chi connectivity index (χ2n) is 5.32. The van der Waals surface area contributed by atoms with Gasteiger partial charge in [0.05, 0.1) is 7.11 Å². The molecular weight excluding hydrogens is 338 g/mol. The van der Waals surface area contributed by atoms with E-state index in [1.807, 2.05) is 12.1 Å². The van der Waals surface area contributed by atoms with Crippen LogP contribution in [0.25, 0.3) is 22.6 Å². The average molecular weight is 347 g/mol. The van der Waals surface area contributed by atoms with Crippen molar-refractivity contribution in [3.8, 4) is 29.0 Å². The molecule has 126 valence electrons. The predicted molar refractivity (Wildman–Crippen MR) is 88.8 cm³/mol. The number of pyridine rings is 1. The molecule has 0 unspecified atom stereocenters. The summed E-state index contributed by atoms with van der Waals surface area (Å²) >= 11 is 0. The molecule has 0 radical (unpaired) electrons. The monoisotopic (exact) mass is 347 g/mol. The van der Waals surface area contributed by atoms with Gasteiger partial charge in [-0.3, -0.25) is 9.89 Å². The van der Waals surface area contributed by atoms with E-state index in [0.717, 1.165) is 9.03 Å². The Labute approximate surface area is 144 Å². The van der Waals surface area contributed by atoms with Crippen molar-refractivity contribution in [2.45, 2.75) is 0 Å². The van der Waals surface area contributed by atoms with Gasteiger partial charge >= 0.3 is 5.69 Å². The summed E-state index contributed by atoms with van der Waals surface area (Å²) in [5, 5.41) is 24.0. The van der Waals surface area contributed by atoms with Crippen LogP contribution in [0.15, 0.2) is 33.9 Å². The van der Waals surface area contributed by atoms with Crippen LogP contribution in [0.3, 0.4) is 0 Å². The highest BCUT2D eigenvalue weighted by molar-refractivity contribution is 5.82. The fourth-order valence-electron chi connectivity index (χ4n) is 2.87. The lowest BCUT2D eigenvalue weighted by atomic mass is 9.97. The SMILES string of the molecule is COc1ccc(-c2c(C#N)c(=O)n3c(nc4[nH][nH]c(=O)n43)c2C#N)cc1. The van der Waals surface area contributed by atoms with E-state index in [1.54, 1.807) is 24.3 Å². The number of hydrogen-bond donors (Lipinski definition) is 2. The summed E-state index contributed by atoms with van der Waals surface area (Å²) < 4.78 is 6.95. The molecule has 0 aliphatic heterocycles. The van der Waals surface area contributed by atoms with Crippen LogP contribution >= 0.6 is 0 Å². The molecule has 2 N–H and O–H groups in total. The van der Waals surface area contributed by atoms with Gasteiger partial charge in [-0.05, 0) is 17.7 Å². The van der Waals surface area contributed by atoms with Crippen LogP contribution in [0.4, 0.5) is 0 Å². The molecule has 0 spiro atoms. The number of benzene rings is 1. The highest BCUT2D eigenvalue weighted by Gasteiger charge is 2.24. The molecule has 1 aromatic carbocycles. The van der Waals surface area contributed by atoms with E-state index in [9.17, 15) is 20.1 Å². The van der Waals surface area contributed by atoms with Crippen molar-refractivity contribution >= 4 is 11.4 Å². The van der Waals surface area contributed by atoms with Gasteiger partial charge < -0.3 is 4.74 Å². The van der Waals surface area contributed by atoms with Gasteiger partial charge in [0.2, 0.25) is 5.78 Å². The first kappa shape index (κ1) is 15.2. The molecule has 4 aromatic rings.